The first-order valence-corrected chi connectivity index (χ1v) is 35.8. The molecule has 2 rings (SSSR count). The van der Waals surface area contributed by atoms with Crippen LogP contribution in [0.25, 0.3) is 0 Å². The number of nitrogens with one attached hydrogen (secondary N) is 11. The van der Waals surface area contributed by atoms with Crippen LogP contribution in [0.1, 0.15) is 124 Å². The molecule has 1 aromatic carbocycles. The molecule has 28 N–H and O–H groups in total. The molecule has 1 aliphatic heterocycles. The molecule has 0 spiro atoms. The highest BCUT2D eigenvalue weighted by molar-refractivity contribution is 5.99. The number of carboxylic acids is 5. The third-order valence-electron chi connectivity index (χ3n) is 15.5. The SMILES string of the molecule is CC[C@H](C)CCCCC(=O)N[C@@H](CCN)C(=O)N[C@H](C(=O)N[C@@H](CCN)C(=O)N[C@H]1CCNC(=O)[C@H]([C@@H](C)O)NC(=O)[C@H](CCN)NC(=O)[C@H](CCN)NC(=O)[C@H](CC(C)C)NC(=O)[C@@H](Cc2ccccc2)NC(=O)[C@H](CCN)NC1=O)[C@@H](C)O.O=C(O)C(F)(F)F.O=C(O)C(F)(F)F.O=C(O)C(F)(F)F.O=C(O)C(F)(F)F.O=C(O)C(F)(F)F. The van der Waals surface area contributed by atoms with Crippen molar-refractivity contribution in [3.63, 3.8) is 0 Å². The fourth-order valence-corrected chi connectivity index (χ4v) is 9.12. The average molecular weight is 1770 g/mol. The monoisotopic (exact) mass is 1770 g/mol. The molecular formula is C66H103F15N16O23. The number of alkyl halides is 15. The highest BCUT2D eigenvalue weighted by atomic mass is 19.4. The summed E-state index contributed by atoms with van der Waals surface area (Å²) in [6.45, 7) is 9.00. The summed E-state index contributed by atoms with van der Waals surface area (Å²) in [5.41, 5.74) is 29.9. The number of aliphatic hydroxyl groups excluding tert-OH is 2. The van der Waals surface area contributed by atoms with Gasteiger partial charge in [-0.25, -0.2) is 24.0 Å². The molecule has 11 amide bonds. The topological polar surface area (TPSA) is 677 Å². The summed E-state index contributed by atoms with van der Waals surface area (Å²) in [5, 5.41) is 85.3. The lowest BCUT2D eigenvalue weighted by molar-refractivity contribution is -0.193. The van der Waals surface area contributed by atoms with E-state index in [9.17, 15) is 129 Å². The standard InChI is InChI=1S/C56H98N16O13.5C2HF3O2/c1-7-32(4)13-11-12-16-44(75)63-36(17-23-57)51(80)72-46(34(6)74)56(85)68-39(20-26-60)48(77)67-41-22-28-62-55(84)45(33(5)73)71-52(81)40(21-27-61)65-47(76)37(18-24-58)66-53(82)42(29-31(2)3)69-54(83)43(30-35-14-9-8-10-15-35)70-49(78)38(19-25-59)64-50(41)79;5*3-2(4,5)1(6)7/h8-10,14-15,31-34,36-43,45-46,73-74H,7,11-13,16-30,57-61H2,1-6H3,(H,62,84)(H,63,75)(H,64,79)(H,65,76)(H,66,82)(H,67,77)(H,68,85)(H,69,83)(H,70,78)(H,71,81)(H,72,80);5*(H,6,7)/t32-,33+,34+,36-,37-,38-,39-,40-,41-,42-,43+,45-,46-;;;;;/m0...../s1. The molecule has 13 atom stereocenters. The third kappa shape index (κ3) is 51.7. The van der Waals surface area contributed by atoms with Gasteiger partial charge in [0.25, 0.3) is 0 Å². The van der Waals surface area contributed by atoms with Crippen molar-refractivity contribution in [3.8, 4) is 0 Å². The Kier molecular flexibility index (Phi) is 55.5. The van der Waals surface area contributed by atoms with E-state index >= 15 is 0 Å². The Bertz CT molecular complexity index is 3280. The van der Waals surface area contributed by atoms with Crippen LogP contribution in [-0.4, -0.2) is 273 Å². The molecule has 0 aromatic heterocycles. The molecule has 54 heteroatoms. The Morgan fingerprint density at radius 1 is 0.450 bits per heavy atom. The van der Waals surface area contributed by atoms with Crippen LogP contribution in [-0.2, 0) is 83.1 Å². The molecule has 690 valence electrons. The number of rotatable bonds is 29. The van der Waals surface area contributed by atoms with Gasteiger partial charge in [0.15, 0.2) is 0 Å². The second-order valence-electron chi connectivity index (χ2n) is 26.1. The fourth-order valence-electron chi connectivity index (χ4n) is 9.12. The molecule has 0 unspecified atom stereocenters. The first kappa shape index (κ1) is 116. The largest absolute Gasteiger partial charge is 0.490 e. The summed E-state index contributed by atoms with van der Waals surface area (Å²) >= 11 is 0. The Hall–Kier alpha value is -10.6. The summed E-state index contributed by atoms with van der Waals surface area (Å²) in [6.07, 6.45) is -26.5. The second kappa shape index (κ2) is 57.6. The van der Waals surface area contributed by atoms with Gasteiger partial charge in [-0.15, -0.1) is 0 Å². The van der Waals surface area contributed by atoms with E-state index in [-0.39, 0.29) is 90.0 Å². The van der Waals surface area contributed by atoms with E-state index in [0.717, 1.165) is 19.3 Å². The van der Waals surface area contributed by atoms with E-state index in [1.165, 1.54) is 13.8 Å². The highest BCUT2D eigenvalue weighted by Crippen LogP contribution is 2.19. The van der Waals surface area contributed by atoms with Crippen LogP contribution in [0.2, 0.25) is 0 Å². The predicted molar refractivity (Wildman–Crippen MR) is 385 cm³/mol. The Morgan fingerprint density at radius 2 is 0.808 bits per heavy atom. The number of hydrogen-bond donors (Lipinski definition) is 23. The molecule has 0 aliphatic carbocycles. The number of carboxylic acid groups (broad SMARTS) is 5. The van der Waals surface area contributed by atoms with Crippen molar-refractivity contribution >= 4 is 94.8 Å². The van der Waals surface area contributed by atoms with Crippen LogP contribution in [0, 0.1) is 11.8 Å². The molecule has 39 nitrogen and oxygen atoms in total. The number of nitrogens with two attached hydrogens (primary N) is 5. The van der Waals surface area contributed by atoms with Gasteiger partial charge in [0.05, 0.1) is 12.2 Å². The number of benzene rings is 1. The quantitative estimate of drug-likeness (QED) is 0.0302. The normalized spacial score (nSPS) is 19.5. The van der Waals surface area contributed by atoms with Crippen molar-refractivity contribution in [2.75, 3.05) is 39.3 Å². The lowest BCUT2D eigenvalue weighted by Crippen LogP contribution is -2.62. The van der Waals surface area contributed by atoms with Gasteiger partial charge in [-0.3, -0.25) is 52.7 Å². The second-order valence-corrected chi connectivity index (χ2v) is 26.1. The number of aliphatic carboxylic acids is 5. The van der Waals surface area contributed by atoms with Gasteiger partial charge in [-0.2, -0.15) is 65.9 Å². The Labute approximate surface area is 674 Å². The number of carbonyl (C=O) groups is 16. The molecule has 1 saturated heterocycles. The van der Waals surface area contributed by atoms with E-state index in [1.807, 2.05) is 0 Å². The smallest absolute Gasteiger partial charge is 0.475 e. The summed E-state index contributed by atoms with van der Waals surface area (Å²) in [6, 6.07) is -6.23. The van der Waals surface area contributed by atoms with E-state index in [0.29, 0.717) is 17.9 Å². The van der Waals surface area contributed by atoms with Gasteiger partial charge < -0.3 is 123 Å². The minimum Gasteiger partial charge on any atom is -0.475 e. The summed E-state index contributed by atoms with van der Waals surface area (Å²) < 4.78 is 159. The minimum atomic E-state index is -5.08. The van der Waals surface area contributed by atoms with E-state index in [1.54, 1.807) is 44.2 Å². The lowest BCUT2D eigenvalue weighted by atomic mass is 10.00. The fraction of sp³-hybridized carbons (Fsp3) is 0.667. The van der Waals surface area contributed by atoms with Gasteiger partial charge >= 0.3 is 60.7 Å². The van der Waals surface area contributed by atoms with Crippen molar-refractivity contribution in [2.45, 2.75) is 229 Å². The highest BCUT2D eigenvalue weighted by Gasteiger charge is 2.43. The van der Waals surface area contributed by atoms with Gasteiger partial charge in [0.2, 0.25) is 65.0 Å². The van der Waals surface area contributed by atoms with Crippen molar-refractivity contribution in [1.29, 1.82) is 0 Å². The zero-order valence-electron chi connectivity index (χ0n) is 65.1. The molecular weight excluding hydrogens is 1670 g/mol. The van der Waals surface area contributed by atoms with Gasteiger partial charge in [-0.1, -0.05) is 77.3 Å². The van der Waals surface area contributed by atoms with Crippen LogP contribution >= 0.6 is 0 Å². The summed E-state index contributed by atoms with van der Waals surface area (Å²) in [7, 11) is 0. The maximum Gasteiger partial charge on any atom is 0.490 e. The molecule has 0 bridgehead atoms. The van der Waals surface area contributed by atoms with Crippen LogP contribution in [0.3, 0.4) is 0 Å². The van der Waals surface area contributed by atoms with Gasteiger partial charge in [-0.05, 0) is 115 Å². The lowest BCUT2D eigenvalue weighted by Gasteiger charge is -2.29. The van der Waals surface area contributed by atoms with Crippen molar-refractivity contribution in [3.05, 3.63) is 35.9 Å². The number of carbonyl (C=O) groups excluding carboxylic acids is 11. The van der Waals surface area contributed by atoms with E-state index in [2.05, 4.69) is 72.3 Å². The number of unbranched alkanes of at least 4 members (excludes halogenated alkanes) is 1. The van der Waals surface area contributed by atoms with E-state index in [4.69, 9.17) is 78.2 Å². The maximum absolute atomic E-state index is 14.5. The van der Waals surface area contributed by atoms with Crippen molar-refractivity contribution in [1.82, 2.24) is 58.5 Å². The van der Waals surface area contributed by atoms with Gasteiger partial charge in [0.1, 0.15) is 60.4 Å². The van der Waals surface area contributed by atoms with Crippen LogP contribution in [0.5, 0.6) is 0 Å². The summed E-state index contributed by atoms with van der Waals surface area (Å²) in [5.74, 6) is -23.2. The number of aliphatic hydroxyl groups is 2. The third-order valence-corrected chi connectivity index (χ3v) is 15.5. The molecule has 1 aliphatic rings. The summed E-state index contributed by atoms with van der Waals surface area (Å²) in [4.78, 5) is 198. The molecule has 0 radical (unpaired) electrons. The Balaban J connectivity index is -0.00000158. The van der Waals surface area contributed by atoms with Crippen molar-refractivity contribution in [2.24, 2.45) is 40.5 Å². The zero-order chi connectivity index (χ0) is 94.1. The number of amides is 11. The molecule has 1 aromatic rings. The maximum atomic E-state index is 14.5. The zero-order valence-corrected chi connectivity index (χ0v) is 65.1. The number of hydrogen-bond acceptors (Lipinski definition) is 23. The first-order chi connectivity index (χ1) is 55.0. The molecule has 1 fully saturated rings. The molecule has 1 heterocycles. The van der Waals surface area contributed by atoms with E-state index < -0.39 is 211 Å². The first-order valence-electron chi connectivity index (χ1n) is 35.8. The van der Waals surface area contributed by atoms with Crippen molar-refractivity contribution < 1.29 is 178 Å². The van der Waals surface area contributed by atoms with Crippen LogP contribution in [0.4, 0.5) is 65.9 Å². The molecule has 0 saturated carbocycles. The molecule has 120 heavy (non-hydrogen) atoms. The van der Waals surface area contributed by atoms with Gasteiger partial charge in [0, 0.05) is 19.4 Å². The van der Waals surface area contributed by atoms with Crippen LogP contribution < -0.4 is 87.2 Å². The average Bonchev–Trinajstić information content (AvgIpc) is 0.967. The predicted octanol–water partition coefficient (Wildman–Crippen LogP) is -2.08. The minimum absolute atomic E-state index is 0.0173. The Morgan fingerprint density at radius 3 is 1.17 bits per heavy atom. The van der Waals surface area contributed by atoms with Crippen LogP contribution in [0.15, 0.2) is 30.3 Å². The number of halogens is 15.